The molecule has 1 fully saturated rings. The fraction of sp³-hybridized carbons (Fsp3) is 0.400. The minimum atomic E-state index is 0.619. The van der Waals surface area contributed by atoms with Gasteiger partial charge in [0.15, 0.2) is 11.0 Å². The first-order chi connectivity index (χ1) is 12.2. The molecule has 2 unspecified atom stereocenters. The van der Waals surface area contributed by atoms with Crippen LogP contribution in [0.25, 0.3) is 17.1 Å². The number of benzene rings is 1. The van der Waals surface area contributed by atoms with Crippen LogP contribution in [0.2, 0.25) is 0 Å². The summed E-state index contributed by atoms with van der Waals surface area (Å²) in [6.45, 7) is 4.32. The molecule has 4 nitrogen and oxygen atoms in total. The van der Waals surface area contributed by atoms with Crippen molar-refractivity contribution in [2.75, 3.05) is 0 Å². The van der Waals surface area contributed by atoms with Gasteiger partial charge in [-0.05, 0) is 43.9 Å². The zero-order valence-corrected chi connectivity index (χ0v) is 15.5. The highest BCUT2D eigenvalue weighted by Crippen LogP contribution is 2.38. The highest BCUT2D eigenvalue weighted by atomic mass is 32.2. The zero-order valence-electron chi connectivity index (χ0n) is 14.7. The summed E-state index contributed by atoms with van der Waals surface area (Å²) in [4.78, 5) is 0. The van der Waals surface area contributed by atoms with E-state index in [-0.39, 0.29) is 0 Å². The fourth-order valence-corrected chi connectivity index (χ4v) is 4.97. The van der Waals surface area contributed by atoms with Crippen LogP contribution in [0.3, 0.4) is 0 Å². The van der Waals surface area contributed by atoms with Crippen LogP contribution in [0.4, 0.5) is 0 Å². The lowest BCUT2D eigenvalue weighted by Crippen LogP contribution is -2.15. The molecule has 0 saturated heterocycles. The Kier molecular flexibility index (Phi) is 4.66. The number of furan rings is 1. The van der Waals surface area contributed by atoms with Crippen LogP contribution < -0.4 is 0 Å². The first-order valence-corrected chi connectivity index (χ1v) is 9.82. The smallest absolute Gasteiger partial charge is 0.196 e. The lowest BCUT2D eigenvalue weighted by molar-refractivity contribution is 0.394. The van der Waals surface area contributed by atoms with Gasteiger partial charge in [0, 0.05) is 10.9 Å². The van der Waals surface area contributed by atoms with E-state index in [2.05, 4.69) is 46.0 Å². The van der Waals surface area contributed by atoms with Crippen molar-refractivity contribution in [1.82, 2.24) is 14.8 Å². The lowest BCUT2D eigenvalue weighted by Gasteiger charge is -2.25. The first kappa shape index (κ1) is 16.5. The molecule has 2 aromatic heterocycles. The van der Waals surface area contributed by atoms with Crippen molar-refractivity contribution < 1.29 is 4.42 Å². The van der Waals surface area contributed by atoms with E-state index in [1.54, 1.807) is 6.26 Å². The molecule has 0 spiro atoms. The third kappa shape index (κ3) is 3.38. The average Bonchev–Trinajstić information content (AvgIpc) is 3.21. The van der Waals surface area contributed by atoms with Crippen molar-refractivity contribution >= 4 is 11.8 Å². The van der Waals surface area contributed by atoms with Gasteiger partial charge in [0.05, 0.1) is 11.8 Å². The molecule has 0 bridgehead atoms. The Morgan fingerprint density at radius 1 is 1.12 bits per heavy atom. The van der Waals surface area contributed by atoms with Gasteiger partial charge < -0.3 is 4.42 Å². The van der Waals surface area contributed by atoms with Crippen LogP contribution >= 0.6 is 11.8 Å². The quantitative estimate of drug-likeness (QED) is 0.620. The summed E-state index contributed by atoms with van der Waals surface area (Å²) >= 11 is 1.87. The monoisotopic (exact) mass is 353 g/mol. The van der Waals surface area contributed by atoms with Crippen molar-refractivity contribution in [3.05, 3.63) is 48.4 Å². The van der Waals surface area contributed by atoms with E-state index in [9.17, 15) is 0 Å². The predicted molar refractivity (Wildman–Crippen MR) is 101 cm³/mol. The molecule has 5 heteroatoms. The Hall–Kier alpha value is -2.01. The Balaban J connectivity index is 1.74. The number of rotatable bonds is 4. The highest BCUT2D eigenvalue weighted by Gasteiger charge is 2.24. The largest absolute Gasteiger partial charge is 0.469 e. The van der Waals surface area contributed by atoms with Crippen molar-refractivity contribution in [1.29, 1.82) is 0 Å². The zero-order chi connectivity index (χ0) is 17.2. The standard InChI is InChI=1S/C20H23N3OS/c1-14-7-6-10-17(13-14)25-20-22-21-19(18-11-12-24-15(18)2)23(20)16-8-4-3-5-9-16/h3-5,8-9,11-12,14,17H,6-7,10,13H2,1-2H3. The van der Waals surface area contributed by atoms with E-state index in [1.165, 1.54) is 25.7 Å². The summed E-state index contributed by atoms with van der Waals surface area (Å²) < 4.78 is 7.66. The Morgan fingerprint density at radius 3 is 2.68 bits per heavy atom. The fourth-order valence-electron chi connectivity index (χ4n) is 3.58. The highest BCUT2D eigenvalue weighted by molar-refractivity contribution is 7.99. The maximum absolute atomic E-state index is 5.50. The van der Waals surface area contributed by atoms with Gasteiger partial charge in [-0.2, -0.15) is 0 Å². The van der Waals surface area contributed by atoms with Crippen LogP contribution in [-0.4, -0.2) is 20.0 Å². The van der Waals surface area contributed by atoms with E-state index < -0.39 is 0 Å². The van der Waals surface area contributed by atoms with E-state index in [0.717, 1.165) is 33.9 Å². The maximum Gasteiger partial charge on any atom is 0.196 e. The molecule has 1 aliphatic rings. The second-order valence-electron chi connectivity index (χ2n) is 6.88. The molecule has 1 saturated carbocycles. The Bertz CT molecular complexity index is 840. The minimum Gasteiger partial charge on any atom is -0.469 e. The van der Waals surface area contributed by atoms with E-state index in [4.69, 9.17) is 4.42 Å². The molecular formula is C20H23N3OS. The van der Waals surface area contributed by atoms with Crippen LogP contribution in [-0.2, 0) is 0 Å². The third-order valence-corrected chi connectivity index (χ3v) is 6.14. The molecule has 130 valence electrons. The molecule has 4 rings (SSSR count). The topological polar surface area (TPSA) is 43.9 Å². The number of aryl methyl sites for hydroxylation is 1. The molecule has 1 aromatic carbocycles. The first-order valence-electron chi connectivity index (χ1n) is 8.94. The molecule has 2 atom stereocenters. The summed E-state index contributed by atoms with van der Waals surface area (Å²) in [5, 5.41) is 10.6. The Morgan fingerprint density at radius 2 is 1.96 bits per heavy atom. The molecule has 1 aliphatic carbocycles. The number of para-hydroxylation sites is 1. The van der Waals surface area contributed by atoms with Gasteiger partial charge in [-0.1, -0.05) is 49.7 Å². The van der Waals surface area contributed by atoms with Gasteiger partial charge in [-0.25, -0.2) is 0 Å². The third-order valence-electron chi connectivity index (χ3n) is 4.91. The van der Waals surface area contributed by atoms with E-state index in [1.807, 2.05) is 30.8 Å². The molecule has 0 N–H and O–H groups in total. The maximum atomic E-state index is 5.50. The summed E-state index contributed by atoms with van der Waals surface area (Å²) in [7, 11) is 0. The molecule has 0 amide bonds. The van der Waals surface area contributed by atoms with Gasteiger partial charge in [0.2, 0.25) is 0 Å². The molecule has 0 radical (unpaired) electrons. The normalized spacial score (nSPS) is 20.7. The van der Waals surface area contributed by atoms with Crippen molar-refractivity contribution in [2.45, 2.75) is 49.9 Å². The van der Waals surface area contributed by atoms with E-state index >= 15 is 0 Å². The number of nitrogens with zero attached hydrogens (tertiary/aromatic N) is 3. The number of thioether (sulfide) groups is 1. The lowest BCUT2D eigenvalue weighted by atomic mass is 9.91. The summed E-state index contributed by atoms with van der Waals surface area (Å²) in [6, 6.07) is 12.3. The van der Waals surface area contributed by atoms with Crippen LogP contribution in [0.1, 0.15) is 38.4 Å². The van der Waals surface area contributed by atoms with Crippen molar-refractivity contribution in [3.63, 3.8) is 0 Å². The minimum absolute atomic E-state index is 0.619. The molecule has 2 heterocycles. The van der Waals surface area contributed by atoms with Gasteiger partial charge in [-0.15, -0.1) is 10.2 Å². The number of aromatic nitrogens is 3. The van der Waals surface area contributed by atoms with Crippen molar-refractivity contribution in [3.8, 4) is 17.1 Å². The van der Waals surface area contributed by atoms with Crippen molar-refractivity contribution in [2.24, 2.45) is 5.92 Å². The summed E-state index contributed by atoms with van der Waals surface area (Å²) in [6.07, 6.45) is 6.89. The summed E-state index contributed by atoms with van der Waals surface area (Å²) in [5.74, 6) is 2.52. The second kappa shape index (κ2) is 7.08. The van der Waals surface area contributed by atoms with Crippen LogP contribution in [0.15, 0.2) is 52.2 Å². The van der Waals surface area contributed by atoms with Crippen LogP contribution in [0.5, 0.6) is 0 Å². The Labute approximate surface area is 152 Å². The number of hydrogen-bond acceptors (Lipinski definition) is 4. The second-order valence-corrected chi connectivity index (χ2v) is 8.15. The average molecular weight is 353 g/mol. The number of hydrogen-bond donors (Lipinski definition) is 0. The van der Waals surface area contributed by atoms with Gasteiger partial charge in [0.1, 0.15) is 5.76 Å². The SMILES string of the molecule is Cc1occc1-c1nnc(SC2CCCC(C)C2)n1-c1ccccc1. The summed E-state index contributed by atoms with van der Waals surface area (Å²) in [5.41, 5.74) is 2.09. The molecular weight excluding hydrogens is 330 g/mol. The predicted octanol–water partition coefficient (Wildman–Crippen LogP) is 5.51. The van der Waals surface area contributed by atoms with Gasteiger partial charge in [0.25, 0.3) is 0 Å². The van der Waals surface area contributed by atoms with Gasteiger partial charge >= 0.3 is 0 Å². The molecule has 0 aliphatic heterocycles. The van der Waals surface area contributed by atoms with Gasteiger partial charge in [-0.3, -0.25) is 4.57 Å². The van der Waals surface area contributed by atoms with E-state index in [0.29, 0.717) is 5.25 Å². The van der Waals surface area contributed by atoms with Crippen LogP contribution in [0, 0.1) is 12.8 Å². The molecule has 3 aromatic rings. The molecule has 25 heavy (non-hydrogen) atoms.